The van der Waals surface area contributed by atoms with Crippen LogP contribution in [0.25, 0.3) is 0 Å². The maximum atomic E-state index is 12.1. The Morgan fingerprint density at radius 1 is 1.00 bits per heavy atom. The molecule has 2 aliphatic rings. The normalized spacial score (nSPS) is 18.3. The first-order valence-electron chi connectivity index (χ1n) is 6.72. The molecule has 18 heavy (non-hydrogen) atoms. The van der Waals surface area contributed by atoms with E-state index in [1.807, 2.05) is 0 Å². The largest absolute Gasteiger partial charge is 0.274 e. The number of benzene rings is 1. The molecule has 94 valence electrons. The highest BCUT2D eigenvalue weighted by atomic mass is 16.2. The summed E-state index contributed by atoms with van der Waals surface area (Å²) in [6, 6.07) is 7.08. The highest BCUT2D eigenvalue weighted by Gasteiger charge is 2.34. The van der Waals surface area contributed by atoms with Gasteiger partial charge in [-0.3, -0.25) is 14.5 Å². The molecule has 2 amide bonds. The molecule has 1 aliphatic heterocycles. The molecule has 1 aromatic rings. The van der Waals surface area contributed by atoms with Crippen LogP contribution in [0.5, 0.6) is 0 Å². The van der Waals surface area contributed by atoms with E-state index in [1.54, 1.807) is 24.3 Å². The van der Waals surface area contributed by atoms with Gasteiger partial charge in [0.25, 0.3) is 11.8 Å². The Kier molecular flexibility index (Phi) is 2.90. The smallest absolute Gasteiger partial charge is 0.261 e. The average Bonchev–Trinajstić information content (AvgIpc) is 3.18. The van der Waals surface area contributed by atoms with Crippen LogP contribution in [-0.2, 0) is 0 Å². The third-order valence-corrected chi connectivity index (χ3v) is 3.82. The summed E-state index contributed by atoms with van der Waals surface area (Å²) in [5.41, 5.74) is 1.12. The van der Waals surface area contributed by atoms with Crippen molar-refractivity contribution in [3.8, 4) is 0 Å². The van der Waals surface area contributed by atoms with Gasteiger partial charge in [0.05, 0.1) is 11.1 Å². The van der Waals surface area contributed by atoms with Gasteiger partial charge in [-0.1, -0.05) is 37.8 Å². The lowest BCUT2D eigenvalue weighted by molar-refractivity contribution is 0.0651. The third kappa shape index (κ3) is 2.05. The Balaban J connectivity index is 1.60. The summed E-state index contributed by atoms with van der Waals surface area (Å²) in [6.45, 7) is 0.569. The van der Waals surface area contributed by atoms with Crippen LogP contribution in [-0.4, -0.2) is 23.3 Å². The molecule has 3 nitrogen and oxygen atoms in total. The molecule has 0 bridgehead atoms. The second kappa shape index (κ2) is 4.56. The molecule has 3 heteroatoms. The molecule has 0 spiro atoms. The molecule has 1 fully saturated rings. The monoisotopic (exact) mass is 243 g/mol. The van der Waals surface area contributed by atoms with Gasteiger partial charge in [0, 0.05) is 6.54 Å². The van der Waals surface area contributed by atoms with Crippen LogP contribution in [0.2, 0.25) is 0 Å². The summed E-state index contributed by atoms with van der Waals surface area (Å²) in [4.78, 5) is 25.5. The molecule has 0 atom stereocenters. The molecular formula is C15H17NO2. The number of rotatable bonds is 5. The van der Waals surface area contributed by atoms with E-state index in [4.69, 9.17) is 0 Å². The van der Waals surface area contributed by atoms with Crippen LogP contribution in [0.3, 0.4) is 0 Å². The van der Waals surface area contributed by atoms with Crippen LogP contribution in [0.4, 0.5) is 0 Å². The maximum Gasteiger partial charge on any atom is 0.261 e. The lowest BCUT2D eigenvalue weighted by atomic mass is 10.1. The SMILES string of the molecule is O=C1c2ccccc2C(=O)N1CCCCC1CC1. The summed E-state index contributed by atoms with van der Waals surface area (Å²) in [5.74, 6) is 0.677. The molecule has 1 aliphatic carbocycles. The average molecular weight is 243 g/mol. The summed E-state index contributed by atoms with van der Waals surface area (Å²) in [6.07, 6.45) is 6.04. The fourth-order valence-corrected chi connectivity index (χ4v) is 2.55. The Morgan fingerprint density at radius 2 is 1.61 bits per heavy atom. The first-order chi connectivity index (χ1) is 8.77. The number of amides is 2. The van der Waals surface area contributed by atoms with Crippen LogP contribution >= 0.6 is 0 Å². The molecule has 1 heterocycles. The zero-order valence-corrected chi connectivity index (χ0v) is 10.4. The van der Waals surface area contributed by atoms with Crippen molar-refractivity contribution in [2.24, 2.45) is 5.92 Å². The molecule has 1 saturated carbocycles. The lowest BCUT2D eigenvalue weighted by Crippen LogP contribution is -2.30. The van der Waals surface area contributed by atoms with Crippen molar-refractivity contribution in [1.29, 1.82) is 0 Å². The van der Waals surface area contributed by atoms with Gasteiger partial charge in [-0.15, -0.1) is 0 Å². The van der Waals surface area contributed by atoms with Crippen LogP contribution in [0.1, 0.15) is 52.8 Å². The van der Waals surface area contributed by atoms with Gasteiger partial charge in [0.1, 0.15) is 0 Å². The van der Waals surface area contributed by atoms with E-state index < -0.39 is 0 Å². The fourth-order valence-electron chi connectivity index (χ4n) is 2.55. The van der Waals surface area contributed by atoms with Crippen LogP contribution in [0, 0.1) is 5.92 Å². The van der Waals surface area contributed by atoms with Crippen molar-refractivity contribution >= 4 is 11.8 Å². The number of hydrogen-bond donors (Lipinski definition) is 0. The highest BCUT2D eigenvalue weighted by molar-refractivity contribution is 6.21. The first-order valence-corrected chi connectivity index (χ1v) is 6.72. The van der Waals surface area contributed by atoms with Gasteiger partial charge in [0.15, 0.2) is 0 Å². The van der Waals surface area contributed by atoms with Crippen LogP contribution < -0.4 is 0 Å². The second-order valence-electron chi connectivity index (χ2n) is 5.25. The molecule has 0 radical (unpaired) electrons. The van der Waals surface area contributed by atoms with Gasteiger partial charge in [0.2, 0.25) is 0 Å². The number of carbonyl (C=O) groups is 2. The Bertz CT molecular complexity index is 456. The van der Waals surface area contributed by atoms with E-state index in [2.05, 4.69) is 0 Å². The number of unbranched alkanes of at least 4 members (excludes halogenated alkanes) is 1. The molecule has 0 aromatic heterocycles. The third-order valence-electron chi connectivity index (χ3n) is 3.82. The van der Waals surface area contributed by atoms with E-state index >= 15 is 0 Å². The van der Waals surface area contributed by atoms with E-state index in [0.717, 1.165) is 18.8 Å². The predicted molar refractivity (Wildman–Crippen MR) is 68.4 cm³/mol. The van der Waals surface area contributed by atoms with Gasteiger partial charge in [-0.2, -0.15) is 0 Å². The summed E-state index contributed by atoms with van der Waals surface area (Å²) >= 11 is 0. The van der Waals surface area contributed by atoms with E-state index in [1.165, 1.54) is 24.2 Å². The van der Waals surface area contributed by atoms with Crippen molar-refractivity contribution in [3.05, 3.63) is 35.4 Å². The Morgan fingerprint density at radius 3 is 2.17 bits per heavy atom. The van der Waals surface area contributed by atoms with Gasteiger partial charge < -0.3 is 0 Å². The quantitative estimate of drug-likeness (QED) is 0.589. The van der Waals surface area contributed by atoms with Gasteiger partial charge in [-0.25, -0.2) is 0 Å². The summed E-state index contributed by atoms with van der Waals surface area (Å²) in [5, 5.41) is 0. The molecular weight excluding hydrogens is 226 g/mol. The van der Waals surface area contributed by atoms with Crippen molar-refractivity contribution in [2.45, 2.75) is 32.1 Å². The number of carbonyl (C=O) groups excluding carboxylic acids is 2. The Hall–Kier alpha value is -1.64. The maximum absolute atomic E-state index is 12.1. The highest BCUT2D eigenvalue weighted by Crippen LogP contribution is 2.34. The topological polar surface area (TPSA) is 37.4 Å². The lowest BCUT2D eigenvalue weighted by Gasteiger charge is -2.13. The molecule has 0 saturated heterocycles. The Labute approximate surface area is 107 Å². The van der Waals surface area contributed by atoms with Crippen molar-refractivity contribution in [1.82, 2.24) is 4.90 Å². The van der Waals surface area contributed by atoms with E-state index in [9.17, 15) is 9.59 Å². The van der Waals surface area contributed by atoms with Crippen molar-refractivity contribution in [2.75, 3.05) is 6.54 Å². The zero-order valence-electron chi connectivity index (χ0n) is 10.4. The number of nitrogens with zero attached hydrogens (tertiary/aromatic N) is 1. The second-order valence-corrected chi connectivity index (χ2v) is 5.25. The minimum absolute atomic E-state index is 0.123. The first kappa shape index (κ1) is 11.5. The molecule has 3 rings (SSSR count). The number of fused-ring (bicyclic) bond motifs is 1. The molecule has 0 unspecified atom stereocenters. The minimum atomic E-state index is -0.123. The molecule has 1 aromatic carbocycles. The van der Waals surface area contributed by atoms with Crippen molar-refractivity contribution in [3.63, 3.8) is 0 Å². The van der Waals surface area contributed by atoms with E-state index in [-0.39, 0.29) is 11.8 Å². The van der Waals surface area contributed by atoms with Crippen molar-refractivity contribution < 1.29 is 9.59 Å². The number of hydrogen-bond acceptors (Lipinski definition) is 2. The standard InChI is InChI=1S/C15H17NO2/c17-14-12-6-1-2-7-13(12)15(18)16(14)10-4-3-5-11-8-9-11/h1-2,6-7,11H,3-5,8-10H2. The number of imide groups is 1. The van der Waals surface area contributed by atoms with Gasteiger partial charge in [-0.05, 0) is 24.5 Å². The minimum Gasteiger partial charge on any atom is -0.274 e. The summed E-state index contributed by atoms with van der Waals surface area (Å²) < 4.78 is 0. The van der Waals surface area contributed by atoms with Crippen LogP contribution in [0.15, 0.2) is 24.3 Å². The zero-order chi connectivity index (χ0) is 12.5. The van der Waals surface area contributed by atoms with Gasteiger partial charge >= 0.3 is 0 Å². The fraction of sp³-hybridized carbons (Fsp3) is 0.467. The van der Waals surface area contributed by atoms with E-state index in [0.29, 0.717) is 17.7 Å². The summed E-state index contributed by atoms with van der Waals surface area (Å²) in [7, 11) is 0. The molecule has 0 N–H and O–H groups in total. The predicted octanol–water partition coefficient (Wildman–Crippen LogP) is 2.86.